The van der Waals surface area contributed by atoms with Gasteiger partial charge in [0.25, 0.3) is 0 Å². The van der Waals surface area contributed by atoms with Gasteiger partial charge in [0, 0.05) is 17.2 Å². The first-order valence-electron chi connectivity index (χ1n) is 7.78. The van der Waals surface area contributed by atoms with E-state index >= 15 is 0 Å². The molecule has 1 atom stereocenters. The number of hydrogen-bond donors (Lipinski definition) is 2. The van der Waals surface area contributed by atoms with Crippen LogP contribution in [-0.4, -0.2) is 22.8 Å². The van der Waals surface area contributed by atoms with Gasteiger partial charge in [-0.3, -0.25) is 5.21 Å². The Morgan fingerprint density at radius 3 is 2.91 bits per heavy atom. The fraction of sp³-hybridized carbons (Fsp3) is 0.353. The van der Waals surface area contributed by atoms with E-state index in [0.717, 1.165) is 29.0 Å². The summed E-state index contributed by atoms with van der Waals surface area (Å²) in [7, 11) is 0. The second kappa shape index (κ2) is 5.47. The van der Waals surface area contributed by atoms with Gasteiger partial charge in [0.05, 0.1) is 12.7 Å². The van der Waals surface area contributed by atoms with Crippen molar-refractivity contribution in [1.82, 2.24) is 4.98 Å². The Hall–Kier alpha value is -2.18. The van der Waals surface area contributed by atoms with Crippen LogP contribution in [0, 0.1) is 5.82 Å². The summed E-state index contributed by atoms with van der Waals surface area (Å²) in [4.78, 5) is 4.26. The molecule has 120 valence electrons. The second-order valence-electron chi connectivity index (χ2n) is 6.26. The number of fused-ring (bicyclic) bond motifs is 1. The van der Waals surface area contributed by atoms with Crippen LogP contribution in [0.5, 0.6) is 11.5 Å². The molecule has 2 aromatic rings. The molecule has 23 heavy (non-hydrogen) atoms. The quantitative estimate of drug-likeness (QED) is 0.911. The molecule has 1 unspecified atom stereocenters. The number of nitrogens with zero attached hydrogens (tertiary/aromatic N) is 2. The average molecular weight is 315 g/mol. The topological polar surface area (TPSA) is 71.6 Å². The van der Waals surface area contributed by atoms with Crippen LogP contribution in [0.25, 0.3) is 0 Å². The van der Waals surface area contributed by atoms with Crippen LogP contribution in [0.15, 0.2) is 30.5 Å². The summed E-state index contributed by atoms with van der Waals surface area (Å²) in [5.41, 5.74) is 7.67. The minimum absolute atomic E-state index is 0.141. The van der Waals surface area contributed by atoms with Gasteiger partial charge in [-0.25, -0.2) is 14.4 Å². The molecule has 0 amide bonds. The SMILES string of the molecule is NC1Cc2cc(Oc3ccc(F)cc3C3CC3)cnc2N(O)C1. The van der Waals surface area contributed by atoms with Gasteiger partial charge in [-0.2, -0.15) is 0 Å². The minimum atomic E-state index is -0.246. The molecule has 1 fully saturated rings. The molecule has 5 nitrogen and oxygen atoms in total. The highest BCUT2D eigenvalue weighted by atomic mass is 19.1. The van der Waals surface area contributed by atoms with E-state index in [4.69, 9.17) is 10.5 Å². The van der Waals surface area contributed by atoms with E-state index < -0.39 is 0 Å². The number of benzene rings is 1. The zero-order valence-corrected chi connectivity index (χ0v) is 12.6. The molecule has 1 aromatic heterocycles. The third kappa shape index (κ3) is 2.87. The van der Waals surface area contributed by atoms with Gasteiger partial charge in [0.2, 0.25) is 0 Å². The largest absolute Gasteiger partial charge is 0.455 e. The molecule has 1 saturated carbocycles. The maximum absolute atomic E-state index is 13.5. The molecule has 1 aliphatic carbocycles. The van der Waals surface area contributed by atoms with Gasteiger partial charge < -0.3 is 10.5 Å². The smallest absolute Gasteiger partial charge is 0.155 e. The lowest BCUT2D eigenvalue weighted by atomic mass is 10.0. The van der Waals surface area contributed by atoms with Crippen molar-refractivity contribution in [1.29, 1.82) is 0 Å². The highest BCUT2D eigenvalue weighted by molar-refractivity contribution is 5.51. The number of halogens is 1. The number of rotatable bonds is 3. The van der Waals surface area contributed by atoms with E-state index in [1.54, 1.807) is 18.3 Å². The third-order valence-corrected chi connectivity index (χ3v) is 4.27. The molecular formula is C17H18FN3O2. The molecule has 6 heteroatoms. The summed E-state index contributed by atoms with van der Waals surface area (Å²) < 4.78 is 19.4. The zero-order valence-electron chi connectivity index (χ0n) is 12.6. The fourth-order valence-corrected chi connectivity index (χ4v) is 3.03. The molecule has 2 aliphatic rings. The highest BCUT2D eigenvalue weighted by Gasteiger charge is 2.28. The zero-order chi connectivity index (χ0) is 16.0. The third-order valence-electron chi connectivity index (χ3n) is 4.27. The molecule has 0 radical (unpaired) electrons. The monoisotopic (exact) mass is 315 g/mol. The standard InChI is InChI=1S/C17H18FN3O2/c18-12-3-4-16(15(7-12)10-1-2-10)23-14-6-11-5-13(19)9-21(22)17(11)20-8-14/h3-4,6-8,10,13,22H,1-2,5,9,19H2. The molecule has 0 bridgehead atoms. The van der Waals surface area contributed by atoms with Crippen molar-refractivity contribution < 1.29 is 14.3 Å². The summed E-state index contributed by atoms with van der Waals surface area (Å²) in [5, 5.41) is 10.9. The van der Waals surface area contributed by atoms with E-state index in [9.17, 15) is 9.60 Å². The number of aromatic nitrogens is 1. The number of pyridine rings is 1. The van der Waals surface area contributed by atoms with Gasteiger partial charge >= 0.3 is 0 Å². The van der Waals surface area contributed by atoms with E-state index in [-0.39, 0.29) is 11.9 Å². The first-order valence-corrected chi connectivity index (χ1v) is 7.78. The lowest BCUT2D eigenvalue weighted by Gasteiger charge is -2.28. The van der Waals surface area contributed by atoms with Crippen LogP contribution in [0.1, 0.15) is 29.9 Å². The Labute approximate surface area is 133 Å². The van der Waals surface area contributed by atoms with Crippen molar-refractivity contribution in [2.45, 2.75) is 31.2 Å². The van der Waals surface area contributed by atoms with Crippen molar-refractivity contribution in [3.05, 3.63) is 47.4 Å². The Bertz CT molecular complexity index is 749. The van der Waals surface area contributed by atoms with E-state index in [1.165, 1.54) is 6.07 Å². The van der Waals surface area contributed by atoms with Crippen LogP contribution in [0.3, 0.4) is 0 Å². The molecule has 1 aromatic carbocycles. The van der Waals surface area contributed by atoms with Gasteiger partial charge in [-0.15, -0.1) is 0 Å². The maximum Gasteiger partial charge on any atom is 0.155 e. The van der Waals surface area contributed by atoms with Gasteiger partial charge in [-0.1, -0.05) is 0 Å². The summed E-state index contributed by atoms with van der Waals surface area (Å²) in [6, 6.07) is 6.30. The molecule has 0 spiro atoms. The number of hydroxylamine groups is 1. The van der Waals surface area contributed by atoms with Crippen LogP contribution in [0.2, 0.25) is 0 Å². The first kappa shape index (κ1) is 14.4. The number of anilines is 1. The van der Waals surface area contributed by atoms with E-state index in [0.29, 0.717) is 36.2 Å². The summed E-state index contributed by atoms with van der Waals surface area (Å²) >= 11 is 0. The first-order chi connectivity index (χ1) is 11.1. The molecular weight excluding hydrogens is 297 g/mol. The van der Waals surface area contributed by atoms with Crippen LogP contribution in [-0.2, 0) is 6.42 Å². The Kier molecular flexibility index (Phi) is 3.43. The molecule has 0 saturated heterocycles. The predicted octanol–water partition coefficient (Wildman–Crippen LogP) is 2.97. The van der Waals surface area contributed by atoms with Crippen LogP contribution < -0.4 is 15.5 Å². The summed E-state index contributed by atoms with van der Waals surface area (Å²) in [6.45, 7) is 0.365. The normalized spacial score (nSPS) is 20.3. The van der Waals surface area contributed by atoms with Crippen LogP contribution in [0.4, 0.5) is 10.2 Å². The lowest BCUT2D eigenvalue weighted by molar-refractivity contribution is 0.234. The van der Waals surface area contributed by atoms with E-state index in [2.05, 4.69) is 4.98 Å². The van der Waals surface area contributed by atoms with Crippen LogP contribution >= 0.6 is 0 Å². The number of nitrogens with two attached hydrogens (primary N) is 1. The van der Waals surface area contributed by atoms with Crippen molar-refractivity contribution in [2.24, 2.45) is 5.73 Å². The summed E-state index contributed by atoms with van der Waals surface area (Å²) in [6.07, 6.45) is 4.33. The molecule has 2 heterocycles. The Morgan fingerprint density at radius 2 is 2.13 bits per heavy atom. The van der Waals surface area contributed by atoms with Gasteiger partial charge in [0.1, 0.15) is 17.3 Å². The van der Waals surface area contributed by atoms with Gasteiger partial charge in [0.15, 0.2) is 5.82 Å². The van der Waals surface area contributed by atoms with Crippen molar-refractivity contribution in [3.8, 4) is 11.5 Å². The average Bonchev–Trinajstić information content (AvgIpc) is 3.33. The highest BCUT2D eigenvalue weighted by Crippen LogP contribution is 2.45. The fourth-order valence-electron chi connectivity index (χ4n) is 3.03. The van der Waals surface area contributed by atoms with E-state index in [1.807, 2.05) is 6.07 Å². The lowest BCUT2D eigenvalue weighted by Crippen LogP contribution is -2.42. The Balaban J connectivity index is 1.64. The molecule has 3 N–H and O–H groups in total. The Morgan fingerprint density at radius 1 is 1.30 bits per heavy atom. The van der Waals surface area contributed by atoms with Crippen molar-refractivity contribution in [3.63, 3.8) is 0 Å². The molecule has 4 rings (SSSR count). The number of hydrogen-bond acceptors (Lipinski definition) is 5. The summed E-state index contributed by atoms with van der Waals surface area (Å²) in [5.74, 6) is 1.88. The molecule has 1 aliphatic heterocycles. The number of ether oxygens (including phenoxy) is 1. The predicted molar refractivity (Wildman–Crippen MR) is 83.5 cm³/mol. The van der Waals surface area contributed by atoms with Crippen molar-refractivity contribution in [2.75, 3.05) is 11.6 Å². The maximum atomic E-state index is 13.5. The second-order valence-corrected chi connectivity index (χ2v) is 6.26. The minimum Gasteiger partial charge on any atom is -0.455 e. The van der Waals surface area contributed by atoms with Gasteiger partial charge in [-0.05, 0) is 49.4 Å². The van der Waals surface area contributed by atoms with Crippen molar-refractivity contribution >= 4 is 5.82 Å².